The molecule has 0 spiro atoms. The SMILES string of the molecule is Cc1ccc(Oc2ccc(C(=O)NCCc3ccccc3)cc2)nn1. The van der Waals surface area contributed by atoms with Crippen molar-refractivity contribution in [3.63, 3.8) is 0 Å². The highest BCUT2D eigenvalue weighted by Gasteiger charge is 2.06. The van der Waals surface area contributed by atoms with Crippen LogP contribution in [-0.4, -0.2) is 22.6 Å². The molecule has 5 nitrogen and oxygen atoms in total. The van der Waals surface area contributed by atoms with Gasteiger partial charge in [0.25, 0.3) is 5.91 Å². The lowest BCUT2D eigenvalue weighted by Gasteiger charge is -2.07. The van der Waals surface area contributed by atoms with Crippen LogP contribution in [0.5, 0.6) is 11.6 Å². The van der Waals surface area contributed by atoms with Crippen LogP contribution in [0.3, 0.4) is 0 Å². The van der Waals surface area contributed by atoms with Crippen LogP contribution in [-0.2, 0) is 6.42 Å². The molecule has 0 saturated heterocycles. The molecule has 2 aromatic carbocycles. The van der Waals surface area contributed by atoms with Crippen molar-refractivity contribution in [3.05, 3.63) is 83.6 Å². The molecule has 1 N–H and O–H groups in total. The number of benzene rings is 2. The topological polar surface area (TPSA) is 64.1 Å². The number of aromatic nitrogens is 2. The summed E-state index contributed by atoms with van der Waals surface area (Å²) in [5.41, 5.74) is 2.62. The summed E-state index contributed by atoms with van der Waals surface area (Å²) in [6, 6.07) is 20.6. The molecule has 3 rings (SSSR count). The fourth-order valence-electron chi connectivity index (χ4n) is 2.30. The first-order valence-corrected chi connectivity index (χ1v) is 8.11. The molecule has 3 aromatic rings. The van der Waals surface area contributed by atoms with Crippen LogP contribution in [0.1, 0.15) is 21.6 Å². The molecule has 0 bridgehead atoms. The fraction of sp³-hybridized carbons (Fsp3) is 0.150. The first kappa shape index (κ1) is 16.6. The van der Waals surface area contributed by atoms with Crippen molar-refractivity contribution in [2.45, 2.75) is 13.3 Å². The number of nitrogens with zero attached hydrogens (tertiary/aromatic N) is 2. The van der Waals surface area contributed by atoms with E-state index in [0.717, 1.165) is 12.1 Å². The maximum atomic E-state index is 12.2. The molecule has 1 amide bonds. The Labute approximate surface area is 146 Å². The van der Waals surface area contributed by atoms with E-state index in [4.69, 9.17) is 4.74 Å². The lowest BCUT2D eigenvalue weighted by Crippen LogP contribution is -2.25. The summed E-state index contributed by atoms with van der Waals surface area (Å²) in [4.78, 5) is 12.2. The van der Waals surface area contributed by atoms with Crippen LogP contribution < -0.4 is 10.1 Å². The molecule has 0 saturated carbocycles. The molecule has 0 fully saturated rings. The molecule has 1 aromatic heterocycles. The van der Waals surface area contributed by atoms with Gasteiger partial charge < -0.3 is 10.1 Å². The fourth-order valence-corrected chi connectivity index (χ4v) is 2.30. The average Bonchev–Trinajstić information content (AvgIpc) is 2.65. The Morgan fingerprint density at radius 1 is 0.960 bits per heavy atom. The Morgan fingerprint density at radius 3 is 2.40 bits per heavy atom. The summed E-state index contributed by atoms with van der Waals surface area (Å²) in [7, 11) is 0. The molecular weight excluding hydrogens is 314 g/mol. The molecule has 0 aliphatic carbocycles. The summed E-state index contributed by atoms with van der Waals surface area (Å²) in [5, 5.41) is 10.8. The highest BCUT2D eigenvalue weighted by molar-refractivity contribution is 5.94. The molecular formula is C20H19N3O2. The first-order chi connectivity index (χ1) is 12.2. The summed E-state index contributed by atoms with van der Waals surface area (Å²) < 4.78 is 5.60. The van der Waals surface area contributed by atoms with E-state index in [2.05, 4.69) is 15.5 Å². The summed E-state index contributed by atoms with van der Waals surface area (Å²) in [5.74, 6) is 0.933. The molecule has 5 heteroatoms. The van der Waals surface area contributed by atoms with Crippen LogP contribution in [0.2, 0.25) is 0 Å². The highest BCUT2D eigenvalue weighted by Crippen LogP contribution is 2.19. The number of carbonyl (C=O) groups excluding carboxylic acids is 1. The van der Waals surface area contributed by atoms with Crippen molar-refractivity contribution in [3.8, 4) is 11.6 Å². The summed E-state index contributed by atoms with van der Waals surface area (Å²) in [6.07, 6.45) is 0.805. The van der Waals surface area contributed by atoms with E-state index < -0.39 is 0 Å². The molecule has 0 aliphatic heterocycles. The third-order valence-corrected chi connectivity index (χ3v) is 3.65. The predicted octanol–water partition coefficient (Wildman–Crippen LogP) is 3.55. The zero-order chi connectivity index (χ0) is 17.5. The van der Waals surface area contributed by atoms with Gasteiger partial charge in [0.05, 0.1) is 5.69 Å². The number of aryl methyl sites for hydroxylation is 1. The zero-order valence-corrected chi connectivity index (χ0v) is 14.0. The van der Waals surface area contributed by atoms with Crippen molar-refractivity contribution in [2.24, 2.45) is 0 Å². The number of hydrogen-bond acceptors (Lipinski definition) is 4. The smallest absolute Gasteiger partial charge is 0.251 e. The maximum absolute atomic E-state index is 12.2. The maximum Gasteiger partial charge on any atom is 0.251 e. The molecule has 0 aliphatic rings. The van der Waals surface area contributed by atoms with Gasteiger partial charge in [0, 0.05) is 18.2 Å². The summed E-state index contributed by atoms with van der Waals surface area (Å²) >= 11 is 0. The van der Waals surface area contributed by atoms with Gasteiger partial charge in [-0.3, -0.25) is 4.79 Å². The minimum Gasteiger partial charge on any atom is -0.438 e. The standard InChI is InChI=1S/C20H19N3O2/c1-15-7-12-19(23-22-15)25-18-10-8-17(9-11-18)20(24)21-14-13-16-5-3-2-4-6-16/h2-12H,13-14H2,1H3,(H,21,24). The van der Waals surface area contributed by atoms with Crippen molar-refractivity contribution in [1.82, 2.24) is 15.5 Å². The second kappa shape index (κ2) is 8.06. The Balaban J connectivity index is 1.52. The number of ether oxygens (including phenoxy) is 1. The van der Waals surface area contributed by atoms with Crippen molar-refractivity contribution >= 4 is 5.91 Å². The molecule has 1 heterocycles. The van der Waals surface area contributed by atoms with Gasteiger partial charge >= 0.3 is 0 Å². The zero-order valence-electron chi connectivity index (χ0n) is 14.0. The average molecular weight is 333 g/mol. The van der Waals surface area contributed by atoms with Gasteiger partial charge in [-0.05, 0) is 49.2 Å². The van der Waals surface area contributed by atoms with Gasteiger partial charge in [0.1, 0.15) is 5.75 Å². The second-order valence-corrected chi connectivity index (χ2v) is 5.63. The Morgan fingerprint density at radius 2 is 1.72 bits per heavy atom. The molecule has 0 radical (unpaired) electrons. The lowest BCUT2D eigenvalue weighted by molar-refractivity contribution is 0.0954. The highest BCUT2D eigenvalue weighted by atomic mass is 16.5. The minimum atomic E-state index is -0.0994. The normalized spacial score (nSPS) is 10.3. The number of amides is 1. The number of rotatable bonds is 6. The quantitative estimate of drug-likeness (QED) is 0.749. The van der Waals surface area contributed by atoms with E-state index in [0.29, 0.717) is 23.7 Å². The van der Waals surface area contributed by atoms with Gasteiger partial charge in [0.15, 0.2) is 0 Å². The largest absolute Gasteiger partial charge is 0.438 e. The molecule has 0 unspecified atom stereocenters. The second-order valence-electron chi connectivity index (χ2n) is 5.63. The van der Waals surface area contributed by atoms with Crippen LogP contribution in [0.25, 0.3) is 0 Å². The Hall–Kier alpha value is -3.21. The van der Waals surface area contributed by atoms with Crippen LogP contribution >= 0.6 is 0 Å². The Bertz CT molecular complexity index is 816. The number of hydrogen-bond donors (Lipinski definition) is 1. The van der Waals surface area contributed by atoms with Gasteiger partial charge in [-0.1, -0.05) is 30.3 Å². The van der Waals surface area contributed by atoms with E-state index in [-0.39, 0.29) is 5.91 Å². The van der Waals surface area contributed by atoms with Crippen LogP contribution in [0.15, 0.2) is 66.7 Å². The van der Waals surface area contributed by atoms with E-state index >= 15 is 0 Å². The third-order valence-electron chi connectivity index (χ3n) is 3.65. The number of nitrogens with one attached hydrogen (secondary N) is 1. The lowest BCUT2D eigenvalue weighted by atomic mass is 10.1. The van der Waals surface area contributed by atoms with E-state index in [1.807, 2.05) is 43.3 Å². The van der Waals surface area contributed by atoms with Gasteiger partial charge in [-0.15, -0.1) is 5.10 Å². The number of carbonyl (C=O) groups is 1. The Kier molecular flexibility index (Phi) is 5.36. The van der Waals surface area contributed by atoms with E-state index in [9.17, 15) is 4.79 Å². The monoisotopic (exact) mass is 333 g/mol. The van der Waals surface area contributed by atoms with Crippen molar-refractivity contribution in [1.29, 1.82) is 0 Å². The predicted molar refractivity (Wildman–Crippen MR) is 95.8 cm³/mol. The molecule has 0 atom stereocenters. The first-order valence-electron chi connectivity index (χ1n) is 8.11. The third kappa shape index (κ3) is 4.88. The van der Waals surface area contributed by atoms with Gasteiger partial charge in [-0.2, -0.15) is 5.10 Å². The minimum absolute atomic E-state index is 0.0994. The van der Waals surface area contributed by atoms with E-state index in [1.165, 1.54) is 5.56 Å². The van der Waals surface area contributed by atoms with Crippen molar-refractivity contribution < 1.29 is 9.53 Å². The van der Waals surface area contributed by atoms with Crippen LogP contribution in [0, 0.1) is 6.92 Å². The molecule has 126 valence electrons. The van der Waals surface area contributed by atoms with E-state index in [1.54, 1.807) is 30.3 Å². The van der Waals surface area contributed by atoms with Crippen LogP contribution in [0.4, 0.5) is 0 Å². The van der Waals surface area contributed by atoms with Gasteiger partial charge in [-0.25, -0.2) is 0 Å². The molecule has 25 heavy (non-hydrogen) atoms. The van der Waals surface area contributed by atoms with Gasteiger partial charge in [0.2, 0.25) is 5.88 Å². The summed E-state index contributed by atoms with van der Waals surface area (Å²) in [6.45, 7) is 2.46. The van der Waals surface area contributed by atoms with Crippen molar-refractivity contribution in [2.75, 3.05) is 6.54 Å².